The van der Waals surface area contributed by atoms with E-state index < -0.39 is 0 Å². The number of amides is 1. The van der Waals surface area contributed by atoms with Gasteiger partial charge in [0.2, 0.25) is 0 Å². The van der Waals surface area contributed by atoms with Crippen molar-refractivity contribution >= 4 is 5.91 Å². The van der Waals surface area contributed by atoms with Gasteiger partial charge in [-0.25, -0.2) is 0 Å². The van der Waals surface area contributed by atoms with Crippen molar-refractivity contribution in [3.05, 3.63) is 29.8 Å². The summed E-state index contributed by atoms with van der Waals surface area (Å²) in [7, 11) is 1.76. The third kappa shape index (κ3) is 3.74. The Kier molecular flexibility index (Phi) is 5.16. The van der Waals surface area contributed by atoms with Crippen LogP contribution in [0.2, 0.25) is 0 Å². The van der Waals surface area contributed by atoms with Gasteiger partial charge in [0.05, 0.1) is 6.10 Å². The number of benzene rings is 1. The Hall–Kier alpha value is -1.55. The van der Waals surface area contributed by atoms with Crippen LogP contribution in [0.3, 0.4) is 0 Å². The maximum Gasteiger partial charge on any atom is 0.254 e. The number of rotatable bonds is 5. The van der Waals surface area contributed by atoms with E-state index in [1.165, 1.54) is 0 Å². The lowest BCUT2D eigenvalue weighted by atomic mass is 10.1. The van der Waals surface area contributed by atoms with E-state index in [1.54, 1.807) is 24.1 Å². The molecule has 0 aliphatic heterocycles. The topological polar surface area (TPSA) is 55.6 Å². The lowest BCUT2D eigenvalue weighted by Crippen LogP contribution is -2.39. The van der Waals surface area contributed by atoms with Gasteiger partial charge >= 0.3 is 0 Å². The average Bonchev–Trinajstić information content (AvgIpc) is 2.35. The van der Waals surface area contributed by atoms with Gasteiger partial charge in [-0.3, -0.25) is 4.79 Å². The van der Waals surface area contributed by atoms with E-state index in [4.69, 9.17) is 10.5 Å². The van der Waals surface area contributed by atoms with E-state index in [1.807, 2.05) is 32.9 Å². The van der Waals surface area contributed by atoms with Gasteiger partial charge in [0.25, 0.3) is 5.91 Å². The average molecular weight is 250 g/mol. The van der Waals surface area contributed by atoms with Crippen LogP contribution < -0.4 is 10.5 Å². The molecule has 4 heteroatoms. The maximum absolute atomic E-state index is 12.2. The zero-order chi connectivity index (χ0) is 13.7. The van der Waals surface area contributed by atoms with Crippen molar-refractivity contribution in [2.24, 2.45) is 5.73 Å². The predicted molar refractivity (Wildman–Crippen MR) is 72.8 cm³/mol. The Bertz CT molecular complexity index is 405. The zero-order valence-electron chi connectivity index (χ0n) is 11.5. The summed E-state index contributed by atoms with van der Waals surface area (Å²) in [5.41, 5.74) is 6.19. The molecule has 1 amide bonds. The van der Waals surface area contributed by atoms with E-state index in [0.29, 0.717) is 17.9 Å². The van der Waals surface area contributed by atoms with Gasteiger partial charge in [-0.1, -0.05) is 6.07 Å². The molecule has 1 atom stereocenters. The fourth-order valence-corrected chi connectivity index (χ4v) is 1.54. The third-order valence-electron chi connectivity index (χ3n) is 2.78. The molecule has 0 radical (unpaired) electrons. The second-order valence-corrected chi connectivity index (χ2v) is 4.70. The van der Waals surface area contributed by atoms with Gasteiger partial charge < -0.3 is 15.4 Å². The molecule has 4 nitrogen and oxygen atoms in total. The standard InChI is InChI=1S/C14H22N2O2/c1-10(2)18-13-7-5-6-12(8-13)14(17)16(4)11(3)9-15/h5-8,10-11H,9,15H2,1-4H3. The first-order chi connectivity index (χ1) is 8.45. The molecule has 0 spiro atoms. The first kappa shape index (κ1) is 14.5. The zero-order valence-corrected chi connectivity index (χ0v) is 11.5. The lowest BCUT2D eigenvalue weighted by molar-refractivity contribution is 0.0747. The summed E-state index contributed by atoms with van der Waals surface area (Å²) in [5.74, 6) is 0.673. The highest BCUT2D eigenvalue weighted by Gasteiger charge is 2.16. The summed E-state index contributed by atoms with van der Waals surface area (Å²) in [6, 6.07) is 7.25. The molecule has 0 bridgehead atoms. The lowest BCUT2D eigenvalue weighted by Gasteiger charge is -2.24. The van der Waals surface area contributed by atoms with Gasteiger partial charge in [-0.15, -0.1) is 0 Å². The van der Waals surface area contributed by atoms with Gasteiger partial charge in [-0.2, -0.15) is 0 Å². The minimum atomic E-state index is -0.0397. The molecule has 18 heavy (non-hydrogen) atoms. The molecule has 1 aromatic carbocycles. The Morgan fingerprint density at radius 2 is 2.06 bits per heavy atom. The van der Waals surface area contributed by atoms with Crippen LogP contribution in [0.4, 0.5) is 0 Å². The summed E-state index contributed by atoms with van der Waals surface area (Å²) >= 11 is 0. The van der Waals surface area contributed by atoms with Crippen molar-refractivity contribution < 1.29 is 9.53 Å². The second-order valence-electron chi connectivity index (χ2n) is 4.70. The van der Waals surface area contributed by atoms with E-state index >= 15 is 0 Å². The monoisotopic (exact) mass is 250 g/mol. The largest absolute Gasteiger partial charge is 0.491 e. The van der Waals surface area contributed by atoms with Crippen molar-refractivity contribution in [3.63, 3.8) is 0 Å². The number of likely N-dealkylation sites (N-methyl/N-ethyl adjacent to an activating group) is 1. The van der Waals surface area contributed by atoms with Gasteiger partial charge in [0.15, 0.2) is 0 Å². The van der Waals surface area contributed by atoms with E-state index in [2.05, 4.69) is 0 Å². The summed E-state index contributed by atoms with van der Waals surface area (Å²) in [5, 5.41) is 0. The molecule has 0 saturated heterocycles. The summed E-state index contributed by atoms with van der Waals surface area (Å²) in [4.78, 5) is 13.8. The first-order valence-electron chi connectivity index (χ1n) is 6.19. The molecular formula is C14H22N2O2. The summed E-state index contributed by atoms with van der Waals surface area (Å²) < 4.78 is 5.58. The van der Waals surface area contributed by atoms with Crippen LogP contribution >= 0.6 is 0 Å². The molecule has 100 valence electrons. The molecule has 0 fully saturated rings. The maximum atomic E-state index is 12.2. The van der Waals surface area contributed by atoms with Crippen LogP contribution in [0.1, 0.15) is 31.1 Å². The van der Waals surface area contributed by atoms with Crippen molar-refractivity contribution in [3.8, 4) is 5.75 Å². The van der Waals surface area contributed by atoms with Crippen LogP contribution in [-0.2, 0) is 0 Å². The van der Waals surface area contributed by atoms with Crippen molar-refractivity contribution in [2.45, 2.75) is 32.9 Å². The first-order valence-corrected chi connectivity index (χ1v) is 6.19. The fourth-order valence-electron chi connectivity index (χ4n) is 1.54. The molecule has 1 rings (SSSR count). The van der Waals surface area contributed by atoms with Crippen LogP contribution in [0.25, 0.3) is 0 Å². The van der Waals surface area contributed by atoms with Crippen LogP contribution in [-0.4, -0.2) is 36.5 Å². The summed E-state index contributed by atoms with van der Waals surface area (Å²) in [6.45, 7) is 6.28. The highest BCUT2D eigenvalue weighted by Crippen LogP contribution is 2.16. The Balaban J connectivity index is 2.86. The molecule has 1 aromatic rings. The normalized spacial score (nSPS) is 12.3. The molecule has 0 aromatic heterocycles. The number of hydrogen-bond acceptors (Lipinski definition) is 3. The minimum Gasteiger partial charge on any atom is -0.491 e. The number of nitrogens with zero attached hydrogens (tertiary/aromatic N) is 1. The highest BCUT2D eigenvalue weighted by molar-refractivity contribution is 5.94. The molecule has 1 unspecified atom stereocenters. The van der Waals surface area contributed by atoms with Crippen molar-refractivity contribution in [2.75, 3.05) is 13.6 Å². The molecule has 0 saturated carbocycles. The second kappa shape index (κ2) is 6.40. The van der Waals surface area contributed by atoms with E-state index in [-0.39, 0.29) is 18.1 Å². The predicted octanol–water partition coefficient (Wildman–Crippen LogP) is 1.89. The smallest absolute Gasteiger partial charge is 0.254 e. The van der Waals surface area contributed by atoms with Crippen molar-refractivity contribution in [1.29, 1.82) is 0 Å². The number of nitrogens with two attached hydrogens (primary N) is 1. The van der Waals surface area contributed by atoms with Crippen LogP contribution in [0, 0.1) is 0 Å². The minimum absolute atomic E-state index is 0.0205. The number of ether oxygens (including phenoxy) is 1. The fraction of sp³-hybridized carbons (Fsp3) is 0.500. The third-order valence-corrected chi connectivity index (χ3v) is 2.78. The quantitative estimate of drug-likeness (QED) is 0.868. The summed E-state index contributed by atoms with van der Waals surface area (Å²) in [6.07, 6.45) is 0.0936. The highest BCUT2D eigenvalue weighted by atomic mass is 16.5. The molecule has 0 aliphatic rings. The number of carbonyl (C=O) groups is 1. The molecule has 2 N–H and O–H groups in total. The Labute approximate surface area is 109 Å². The number of carbonyl (C=O) groups excluding carboxylic acids is 1. The van der Waals surface area contributed by atoms with E-state index in [0.717, 1.165) is 0 Å². The molecular weight excluding hydrogens is 228 g/mol. The molecule has 0 heterocycles. The van der Waals surface area contributed by atoms with Gasteiger partial charge in [0, 0.05) is 25.2 Å². The van der Waals surface area contributed by atoms with Crippen LogP contribution in [0.5, 0.6) is 5.75 Å². The van der Waals surface area contributed by atoms with Gasteiger partial charge in [0.1, 0.15) is 5.75 Å². The Morgan fingerprint density at radius 1 is 1.39 bits per heavy atom. The van der Waals surface area contributed by atoms with Crippen molar-refractivity contribution in [1.82, 2.24) is 4.90 Å². The SMILES string of the molecule is CC(C)Oc1cccc(C(=O)N(C)C(C)CN)c1. The molecule has 0 aliphatic carbocycles. The van der Waals surface area contributed by atoms with Crippen LogP contribution in [0.15, 0.2) is 24.3 Å². The van der Waals surface area contributed by atoms with Gasteiger partial charge in [-0.05, 0) is 39.0 Å². The van der Waals surface area contributed by atoms with E-state index in [9.17, 15) is 4.79 Å². The Morgan fingerprint density at radius 3 is 2.61 bits per heavy atom. The number of hydrogen-bond donors (Lipinski definition) is 1.